The van der Waals surface area contributed by atoms with Gasteiger partial charge in [0.2, 0.25) is 5.91 Å². The van der Waals surface area contributed by atoms with Crippen LogP contribution in [0, 0.1) is 5.92 Å². The molecule has 9 heteroatoms. The Morgan fingerprint density at radius 3 is 2.71 bits per heavy atom. The molecule has 8 nitrogen and oxygen atoms in total. The van der Waals surface area contributed by atoms with Crippen LogP contribution in [0.5, 0.6) is 0 Å². The van der Waals surface area contributed by atoms with Gasteiger partial charge in [0.1, 0.15) is 16.9 Å². The van der Waals surface area contributed by atoms with Gasteiger partial charge in [0.15, 0.2) is 16.5 Å². The Hall–Kier alpha value is -2.52. The van der Waals surface area contributed by atoms with Crippen molar-refractivity contribution < 1.29 is 9.90 Å². The summed E-state index contributed by atoms with van der Waals surface area (Å²) in [6, 6.07) is 3.95. The number of imidazole rings is 1. The van der Waals surface area contributed by atoms with Gasteiger partial charge >= 0.3 is 0 Å². The highest BCUT2D eigenvalue weighted by Gasteiger charge is 2.31. The molecule has 0 spiro atoms. The first-order valence-electron chi connectivity index (χ1n) is 11.0. The Labute approximate surface area is 185 Å². The lowest BCUT2D eigenvalue weighted by Gasteiger charge is -2.34. The lowest BCUT2D eigenvalue weighted by Crippen LogP contribution is -2.44. The van der Waals surface area contributed by atoms with Gasteiger partial charge in [-0.2, -0.15) is 0 Å². The van der Waals surface area contributed by atoms with E-state index in [9.17, 15) is 9.90 Å². The number of carbonyl (C=O) groups is 1. The molecule has 1 amide bonds. The van der Waals surface area contributed by atoms with Crippen LogP contribution in [-0.2, 0) is 10.4 Å². The molecule has 3 aromatic heterocycles. The summed E-state index contributed by atoms with van der Waals surface area (Å²) in [6.07, 6.45) is 4.20. The maximum atomic E-state index is 12.9. The number of thiazole rings is 1. The number of likely N-dealkylation sites (tertiary alicyclic amines) is 1. The second-order valence-electron chi connectivity index (χ2n) is 9.04. The molecule has 0 aromatic carbocycles. The van der Waals surface area contributed by atoms with Crippen LogP contribution >= 0.6 is 11.3 Å². The smallest absolute Gasteiger partial charge is 0.227 e. The van der Waals surface area contributed by atoms with Crippen molar-refractivity contribution in [2.24, 2.45) is 5.92 Å². The fourth-order valence-corrected chi connectivity index (χ4v) is 5.33. The molecule has 0 saturated carbocycles. The average Bonchev–Trinajstić information content (AvgIpc) is 3.52. The molecule has 1 atom stereocenters. The number of aromatic nitrogens is 4. The number of nitrogens with one attached hydrogen (secondary N) is 1. The Morgan fingerprint density at radius 1 is 1.16 bits per heavy atom. The molecule has 2 aliphatic rings. The molecule has 5 rings (SSSR count). The maximum Gasteiger partial charge on any atom is 0.227 e. The van der Waals surface area contributed by atoms with E-state index in [0.717, 1.165) is 68.2 Å². The molecule has 31 heavy (non-hydrogen) atoms. The summed E-state index contributed by atoms with van der Waals surface area (Å²) in [5.41, 5.74) is 1.13. The van der Waals surface area contributed by atoms with Gasteiger partial charge in [-0.15, -0.1) is 11.3 Å². The summed E-state index contributed by atoms with van der Waals surface area (Å²) in [6.45, 7) is 6.88. The van der Waals surface area contributed by atoms with Crippen molar-refractivity contribution in [3.05, 3.63) is 23.2 Å². The van der Waals surface area contributed by atoms with Gasteiger partial charge in [-0.25, -0.2) is 15.0 Å². The zero-order valence-corrected chi connectivity index (χ0v) is 18.8. The molecule has 3 aromatic rings. The molecule has 2 N–H and O–H groups in total. The minimum absolute atomic E-state index is 0.0530. The molecule has 164 valence electrons. The van der Waals surface area contributed by atoms with Gasteiger partial charge in [0.05, 0.1) is 11.6 Å². The number of anilines is 1. The lowest BCUT2D eigenvalue weighted by molar-refractivity contribution is -0.134. The number of amides is 1. The minimum Gasteiger partial charge on any atom is -0.384 e. The monoisotopic (exact) mass is 440 g/mol. The Morgan fingerprint density at radius 2 is 1.97 bits per heavy atom. The maximum absolute atomic E-state index is 12.9. The van der Waals surface area contributed by atoms with Gasteiger partial charge in [-0.05, 0) is 51.7 Å². The summed E-state index contributed by atoms with van der Waals surface area (Å²) in [4.78, 5) is 34.3. The molecule has 2 fully saturated rings. The van der Waals surface area contributed by atoms with Crippen LogP contribution in [0.3, 0.4) is 0 Å². The van der Waals surface area contributed by atoms with Crippen molar-refractivity contribution in [2.75, 3.05) is 31.1 Å². The summed E-state index contributed by atoms with van der Waals surface area (Å²) in [5.74, 6) is 1.88. The number of H-pyrrole nitrogens is 1. The van der Waals surface area contributed by atoms with Crippen LogP contribution in [0.2, 0.25) is 0 Å². The molecular formula is C22H28N6O2S. The molecule has 0 radical (unpaired) electrons. The van der Waals surface area contributed by atoms with E-state index in [1.165, 1.54) is 11.3 Å². The van der Waals surface area contributed by atoms with E-state index in [1.54, 1.807) is 13.8 Å². The molecule has 2 aliphatic heterocycles. The third-order valence-electron chi connectivity index (χ3n) is 6.17. The predicted molar refractivity (Wildman–Crippen MR) is 121 cm³/mol. The highest BCUT2D eigenvalue weighted by atomic mass is 32.1. The van der Waals surface area contributed by atoms with Crippen molar-refractivity contribution in [1.82, 2.24) is 24.8 Å². The van der Waals surface area contributed by atoms with Gasteiger partial charge in [-0.1, -0.05) is 0 Å². The summed E-state index contributed by atoms with van der Waals surface area (Å²) >= 11 is 1.45. The number of hydrogen-bond donors (Lipinski definition) is 2. The van der Waals surface area contributed by atoms with Crippen molar-refractivity contribution >= 4 is 34.2 Å². The molecule has 0 aliphatic carbocycles. The van der Waals surface area contributed by atoms with Crippen LogP contribution in [0.1, 0.15) is 45.2 Å². The van der Waals surface area contributed by atoms with E-state index in [2.05, 4.69) is 19.9 Å². The third-order valence-corrected chi connectivity index (χ3v) is 7.02. The molecule has 5 heterocycles. The summed E-state index contributed by atoms with van der Waals surface area (Å²) < 4.78 is 0. The van der Waals surface area contributed by atoms with Crippen LogP contribution in [0.15, 0.2) is 17.5 Å². The SMILES string of the molecule is CC(C)(O)c1csc(-c2nc3ccc(N4CCCC(C(=O)N5CCCC5)C4)nc3[nH]2)n1. The molecule has 0 bridgehead atoms. The van der Waals surface area contributed by atoms with Gasteiger partial charge in [0.25, 0.3) is 0 Å². The Kier molecular flexibility index (Phi) is 5.18. The van der Waals surface area contributed by atoms with Crippen molar-refractivity contribution in [3.63, 3.8) is 0 Å². The standard InChI is InChI=1S/C22H28N6O2S/c1-22(2,30)16-13-31-20(24-16)19-23-15-7-8-17(25-18(15)26-19)28-11-5-6-14(12-28)21(29)27-9-3-4-10-27/h7-8,13-14,30H,3-6,9-12H2,1-2H3,(H,23,25,26). The van der Waals surface area contributed by atoms with E-state index in [0.29, 0.717) is 23.1 Å². The van der Waals surface area contributed by atoms with Crippen molar-refractivity contribution in [3.8, 4) is 10.8 Å². The molecule has 1 unspecified atom stereocenters. The van der Waals surface area contributed by atoms with Crippen molar-refractivity contribution in [1.29, 1.82) is 0 Å². The number of carbonyl (C=O) groups excluding carboxylic acids is 1. The third kappa shape index (κ3) is 4.04. The average molecular weight is 441 g/mol. The first kappa shape index (κ1) is 20.4. The molecule has 2 saturated heterocycles. The fourth-order valence-electron chi connectivity index (χ4n) is 4.41. The second kappa shape index (κ2) is 7.87. The Bertz CT molecular complexity index is 1100. The first-order valence-corrected chi connectivity index (χ1v) is 11.9. The Balaban J connectivity index is 1.36. The van der Waals surface area contributed by atoms with Gasteiger partial charge in [0, 0.05) is 31.6 Å². The quantitative estimate of drug-likeness (QED) is 0.647. The van der Waals surface area contributed by atoms with E-state index < -0.39 is 5.60 Å². The van der Waals surface area contributed by atoms with E-state index >= 15 is 0 Å². The number of piperidine rings is 1. The number of fused-ring (bicyclic) bond motifs is 1. The number of nitrogens with zero attached hydrogens (tertiary/aromatic N) is 5. The van der Waals surface area contributed by atoms with Crippen LogP contribution in [0.4, 0.5) is 5.82 Å². The predicted octanol–water partition coefficient (Wildman–Crippen LogP) is 3.15. The van der Waals surface area contributed by atoms with Crippen LogP contribution in [-0.4, -0.2) is 62.0 Å². The fraction of sp³-hybridized carbons (Fsp3) is 0.545. The molecular weight excluding hydrogens is 412 g/mol. The van der Waals surface area contributed by atoms with E-state index in [-0.39, 0.29) is 5.92 Å². The van der Waals surface area contributed by atoms with Crippen molar-refractivity contribution in [2.45, 2.75) is 45.1 Å². The van der Waals surface area contributed by atoms with E-state index in [4.69, 9.17) is 4.98 Å². The van der Waals surface area contributed by atoms with Crippen LogP contribution in [0.25, 0.3) is 22.0 Å². The first-order chi connectivity index (χ1) is 14.9. The van der Waals surface area contributed by atoms with Gasteiger partial charge < -0.3 is 19.9 Å². The number of rotatable bonds is 4. The number of aliphatic hydroxyl groups is 1. The second-order valence-corrected chi connectivity index (χ2v) is 9.90. The number of aromatic amines is 1. The van der Waals surface area contributed by atoms with Crippen LogP contribution < -0.4 is 4.90 Å². The normalized spacial score (nSPS) is 20.0. The zero-order chi connectivity index (χ0) is 21.6. The minimum atomic E-state index is -0.983. The van der Waals surface area contributed by atoms with Gasteiger partial charge in [-0.3, -0.25) is 4.79 Å². The highest BCUT2D eigenvalue weighted by molar-refractivity contribution is 7.13. The summed E-state index contributed by atoms with van der Waals surface area (Å²) in [5, 5.41) is 12.7. The summed E-state index contributed by atoms with van der Waals surface area (Å²) in [7, 11) is 0. The highest BCUT2D eigenvalue weighted by Crippen LogP contribution is 2.30. The largest absolute Gasteiger partial charge is 0.384 e. The topological polar surface area (TPSA) is 98.2 Å². The number of hydrogen-bond acceptors (Lipinski definition) is 7. The van der Waals surface area contributed by atoms with E-state index in [1.807, 2.05) is 22.4 Å². The lowest BCUT2D eigenvalue weighted by atomic mass is 9.96. The zero-order valence-electron chi connectivity index (χ0n) is 18.0. The number of pyridine rings is 1.